The molecule has 4 heteroatoms. The molecule has 1 N–H and O–H groups in total. The second kappa shape index (κ2) is 9.18. The zero-order chi connectivity index (χ0) is 14.0. The number of unbranched alkanes of at least 4 members (excludes halogenated alkanes) is 3. The summed E-state index contributed by atoms with van der Waals surface area (Å²) in [4.78, 5) is 10.1. The van der Waals surface area contributed by atoms with Crippen molar-refractivity contribution in [2.75, 3.05) is 6.61 Å². The summed E-state index contributed by atoms with van der Waals surface area (Å²) in [5.41, 5.74) is 0. The molecule has 0 radical (unpaired) electrons. The Bertz CT molecular complexity index is 300. The van der Waals surface area contributed by atoms with Gasteiger partial charge in [-0.2, -0.15) is 0 Å². The van der Waals surface area contributed by atoms with Crippen LogP contribution in [0.5, 0.6) is 0 Å². The molecule has 0 aliphatic heterocycles. The van der Waals surface area contributed by atoms with Gasteiger partial charge in [0.2, 0.25) is 0 Å². The molecule has 3 nitrogen and oxygen atoms in total. The van der Waals surface area contributed by atoms with Crippen LogP contribution in [0.2, 0.25) is 5.04 Å². The lowest BCUT2D eigenvalue weighted by molar-refractivity contribution is -0.130. The predicted octanol–water partition coefficient (Wildman–Crippen LogP) is 2.59. The Balaban J connectivity index is 3.43. The lowest BCUT2D eigenvalue weighted by atomic mass is 9.99. The number of aliphatic carboxylic acids is 1. The van der Waals surface area contributed by atoms with Crippen LogP contribution in [0.3, 0.4) is 0 Å². The van der Waals surface area contributed by atoms with Crippen LogP contribution in [0.1, 0.15) is 53.4 Å². The van der Waals surface area contributed by atoms with E-state index in [0.29, 0.717) is 17.4 Å². The molecule has 0 aromatic heterocycles. The fourth-order valence-electron chi connectivity index (χ4n) is 1.23. The number of rotatable bonds is 8. The molecule has 0 heterocycles. The number of hydrogen-bond donors (Lipinski definition) is 1. The van der Waals surface area contributed by atoms with Crippen LogP contribution in [0.15, 0.2) is 0 Å². The van der Waals surface area contributed by atoms with Gasteiger partial charge in [0.15, 0.2) is 9.76 Å². The molecule has 0 rings (SSSR count). The molecule has 0 atom stereocenters. The summed E-state index contributed by atoms with van der Waals surface area (Å²) in [5, 5.41) is 8.69. The SMILES string of the molecule is CC(C)C(C)(C)[SiH2]OCCCCCC#CC(=O)O. The molecule has 0 saturated heterocycles. The summed E-state index contributed by atoms with van der Waals surface area (Å²) in [6, 6.07) is 0. The molecule has 0 aliphatic rings. The van der Waals surface area contributed by atoms with E-state index in [9.17, 15) is 4.79 Å². The van der Waals surface area contributed by atoms with Gasteiger partial charge in [-0.15, -0.1) is 0 Å². The van der Waals surface area contributed by atoms with Gasteiger partial charge in [-0.25, -0.2) is 4.79 Å². The Morgan fingerprint density at radius 1 is 1.33 bits per heavy atom. The molecule has 104 valence electrons. The van der Waals surface area contributed by atoms with Crippen molar-refractivity contribution in [2.45, 2.75) is 58.4 Å². The van der Waals surface area contributed by atoms with Crippen LogP contribution < -0.4 is 0 Å². The molecule has 0 spiro atoms. The molecule has 0 aromatic carbocycles. The first-order chi connectivity index (χ1) is 8.36. The first-order valence-corrected chi connectivity index (χ1v) is 7.94. The van der Waals surface area contributed by atoms with Crippen molar-refractivity contribution in [3.63, 3.8) is 0 Å². The number of hydrogen-bond acceptors (Lipinski definition) is 2. The third-order valence-electron chi connectivity index (χ3n) is 3.32. The normalized spacial score (nSPS) is 11.8. The first-order valence-electron chi connectivity index (χ1n) is 6.66. The van der Waals surface area contributed by atoms with E-state index in [1.165, 1.54) is 0 Å². The van der Waals surface area contributed by atoms with Crippen LogP contribution in [0.4, 0.5) is 0 Å². The van der Waals surface area contributed by atoms with Crippen molar-refractivity contribution in [3.05, 3.63) is 0 Å². The molecule has 0 unspecified atom stereocenters. The maximum absolute atomic E-state index is 10.1. The van der Waals surface area contributed by atoms with E-state index in [1.54, 1.807) is 0 Å². The highest BCUT2D eigenvalue weighted by molar-refractivity contribution is 6.32. The molecule has 0 bridgehead atoms. The third kappa shape index (κ3) is 9.26. The van der Waals surface area contributed by atoms with Crippen LogP contribution in [-0.2, 0) is 9.22 Å². The summed E-state index contributed by atoms with van der Waals surface area (Å²) in [6.07, 6.45) is 3.74. The molecule has 18 heavy (non-hydrogen) atoms. The maximum Gasteiger partial charge on any atom is 0.381 e. The monoisotopic (exact) mass is 270 g/mol. The van der Waals surface area contributed by atoms with Crippen molar-refractivity contribution < 1.29 is 14.3 Å². The highest BCUT2D eigenvalue weighted by Crippen LogP contribution is 2.32. The highest BCUT2D eigenvalue weighted by atomic mass is 28.2. The van der Waals surface area contributed by atoms with Gasteiger partial charge in [-0.3, -0.25) is 0 Å². The zero-order valence-corrected chi connectivity index (χ0v) is 13.5. The minimum atomic E-state index is -1.04. The minimum Gasteiger partial charge on any atom is -0.472 e. The van der Waals surface area contributed by atoms with E-state index in [0.717, 1.165) is 25.9 Å². The average Bonchev–Trinajstić information content (AvgIpc) is 2.26. The minimum absolute atomic E-state index is 0.368. The first kappa shape index (κ1) is 17.2. The lowest BCUT2D eigenvalue weighted by Crippen LogP contribution is -2.22. The lowest BCUT2D eigenvalue weighted by Gasteiger charge is -2.28. The van der Waals surface area contributed by atoms with E-state index in [4.69, 9.17) is 9.53 Å². The fourth-order valence-corrected chi connectivity index (χ4v) is 2.44. The van der Waals surface area contributed by atoms with Crippen molar-refractivity contribution in [1.29, 1.82) is 0 Å². The van der Waals surface area contributed by atoms with Gasteiger partial charge in [-0.1, -0.05) is 40.0 Å². The number of carboxylic acid groups (broad SMARTS) is 1. The molecule has 0 aromatic rings. The summed E-state index contributed by atoms with van der Waals surface area (Å²) in [6.45, 7) is 9.90. The Labute approximate surface area is 113 Å². The van der Waals surface area contributed by atoms with Gasteiger partial charge < -0.3 is 9.53 Å². The third-order valence-corrected chi connectivity index (χ3v) is 5.38. The average molecular weight is 270 g/mol. The molecule has 0 saturated carbocycles. The highest BCUT2D eigenvalue weighted by Gasteiger charge is 2.23. The molecule has 0 fully saturated rings. The van der Waals surface area contributed by atoms with Crippen molar-refractivity contribution in [1.82, 2.24) is 0 Å². The van der Waals surface area contributed by atoms with Crippen molar-refractivity contribution in [2.24, 2.45) is 5.92 Å². The van der Waals surface area contributed by atoms with E-state index in [1.807, 2.05) is 0 Å². The summed E-state index contributed by atoms with van der Waals surface area (Å²) < 4.78 is 5.81. The second-order valence-electron chi connectivity index (χ2n) is 5.61. The van der Waals surface area contributed by atoms with E-state index < -0.39 is 15.7 Å². The Morgan fingerprint density at radius 2 is 2.00 bits per heavy atom. The van der Waals surface area contributed by atoms with Crippen LogP contribution >= 0.6 is 0 Å². The zero-order valence-electron chi connectivity index (χ0n) is 12.1. The topological polar surface area (TPSA) is 46.5 Å². The second-order valence-corrected chi connectivity index (χ2v) is 8.13. The predicted molar refractivity (Wildman–Crippen MR) is 77.3 cm³/mol. The van der Waals surface area contributed by atoms with Gasteiger partial charge in [0, 0.05) is 18.9 Å². The quantitative estimate of drug-likeness (QED) is 0.419. The Hall–Kier alpha value is -0.793. The summed E-state index contributed by atoms with van der Waals surface area (Å²) in [7, 11) is -0.469. The largest absolute Gasteiger partial charge is 0.472 e. The summed E-state index contributed by atoms with van der Waals surface area (Å²) >= 11 is 0. The molecule has 0 amide bonds. The van der Waals surface area contributed by atoms with Gasteiger partial charge in [0.1, 0.15) is 0 Å². The van der Waals surface area contributed by atoms with E-state index in [2.05, 4.69) is 39.5 Å². The van der Waals surface area contributed by atoms with Gasteiger partial charge in [-0.05, 0) is 23.8 Å². The smallest absolute Gasteiger partial charge is 0.381 e. The standard InChI is InChI=1S/C14H26O3Si/c1-12(2)14(3,4)18-17-11-9-7-5-6-8-10-13(15)16/h12H,5-7,9,11,18H2,1-4H3,(H,15,16). The molecular weight excluding hydrogens is 244 g/mol. The van der Waals surface area contributed by atoms with Crippen LogP contribution in [0, 0.1) is 17.8 Å². The van der Waals surface area contributed by atoms with Crippen molar-refractivity contribution >= 4 is 15.7 Å². The maximum atomic E-state index is 10.1. The van der Waals surface area contributed by atoms with Gasteiger partial charge in [0.05, 0.1) is 0 Å². The van der Waals surface area contributed by atoms with Gasteiger partial charge >= 0.3 is 5.97 Å². The number of carbonyl (C=O) groups is 1. The fraction of sp³-hybridized carbons (Fsp3) is 0.786. The Kier molecular flexibility index (Phi) is 8.77. The molecular formula is C14H26O3Si. The Morgan fingerprint density at radius 3 is 2.56 bits per heavy atom. The number of carboxylic acids is 1. The van der Waals surface area contributed by atoms with E-state index in [-0.39, 0.29) is 0 Å². The summed E-state index contributed by atoms with van der Waals surface area (Å²) in [5.74, 6) is 4.39. The van der Waals surface area contributed by atoms with Crippen LogP contribution in [0.25, 0.3) is 0 Å². The van der Waals surface area contributed by atoms with E-state index >= 15 is 0 Å². The molecule has 0 aliphatic carbocycles. The van der Waals surface area contributed by atoms with Gasteiger partial charge in [0.25, 0.3) is 0 Å². The van der Waals surface area contributed by atoms with Crippen LogP contribution in [-0.4, -0.2) is 27.4 Å². The van der Waals surface area contributed by atoms with Crippen molar-refractivity contribution in [3.8, 4) is 11.8 Å².